The van der Waals surface area contributed by atoms with Crippen LogP contribution in [0.15, 0.2) is 0 Å². The summed E-state index contributed by atoms with van der Waals surface area (Å²) >= 11 is 171. The average Bonchev–Trinajstić information content (AvgIpc) is 3.31. The van der Waals surface area contributed by atoms with Crippen molar-refractivity contribution in [2.75, 3.05) is 13.1 Å². The zero-order valence-corrected chi connectivity index (χ0v) is 50.9. The summed E-state index contributed by atoms with van der Waals surface area (Å²) < 4.78 is 0. The number of nitrogens with two attached hydrogens (primary N) is 1. The Labute approximate surface area is 509 Å². The third-order valence-corrected chi connectivity index (χ3v) is 22.2. The summed E-state index contributed by atoms with van der Waals surface area (Å²) in [6, 6.07) is -1.13. The summed E-state index contributed by atoms with van der Waals surface area (Å²) in [5, 5.41) is -0.258. The van der Waals surface area contributed by atoms with Gasteiger partial charge in [0.2, 0.25) is 0 Å². The highest BCUT2D eigenvalue weighted by molar-refractivity contribution is 6.59. The monoisotopic (exact) mass is 1400 g/mol. The second-order valence-electron chi connectivity index (χ2n) is 14.1. The molecule has 0 saturated carbocycles. The van der Waals surface area contributed by atoms with Gasteiger partial charge in [-0.15, -0.1) is 0 Å². The Balaban J connectivity index is 2.13. The zero-order chi connectivity index (χ0) is 50.6. The van der Waals surface area contributed by atoms with Crippen molar-refractivity contribution in [2.24, 2.45) is 5.73 Å². The second-order valence-corrected chi connectivity index (χ2v) is 23.5. The number of rotatable bonds is 15. The van der Waals surface area contributed by atoms with Gasteiger partial charge in [0.15, 0.2) is 0 Å². The molecule has 364 valence electrons. The van der Waals surface area contributed by atoms with Crippen LogP contribution < -0.4 is 11.1 Å². The standard InChI is InChI=1S/C39H18Cl25N3/c40-14-8(15(41)25(51)34(60)24(14)50)3-13(66-2-1-65)39(4-9-16(42)26(52)35(61)27(53)17(9)43,5-10-18(44)28(54)36(62)29(55)19(10)45)67(6-11-20(46)30(56)37(63)31(57)21(11)47)7-12-22(48)32(58)38(64)33(59)23(12)49/h13,66H,1-7,65H2. The lowest BCUT2D eigenvalue weighted by atomic mass is 9.74. The van der Waals surface area contributed by atoms with Crippen LogP contribution in [0, 0.1) is 0 Å². The second kappa shape index (κ2) is 25.1. The van der Waals surface area contributed by atoms with E-state index in [1.165, 1.54) is 0 Å². The Morgan fingerprint density at radius 2 is 0.522 bits per heavy atom. The van der Waals surface area contributed by atoms with Gasteiger partial charge >= 0.3 is 0 Å². The minimum atomic E-state index is -1.82. The normalized spacial score (nSPS) is 12.6. The van der Waals surface area contributed by atoms with Gasteiger partial charge in [0.05, 0.1) is 126 Å². The van der Waals surface area contributed by atoms with Gasteiger partial charge in [-0.3, -0.25) is 4.90 Å². The van der Waals surface area contributed by atoms with Crippen LogP contribution in [0.5, 0.6) is 0 Å². The summed E-state index contributed by atoms with van der Waals surface area (Å²) in [7, 11) is 0. The Morgan fingerprint density at radius 3 is 0.761 bits per heavy atom. The third kappa shape index (κ3) is 12.0. The fraction of sp³-hybridized carbons (Fsp3) is 0.231. The predicted molar refractivity (Wildman–Crippen MR) is 301 cm³/mol. The summed E-state index contributed by atoms with van der Waals surface area (Å²) in [4.78, 5) is 1.73. The van der Waals surface area contributed by atoms with Crippen molar-refractivity contribution in [3.63, 3.8) is 0 Å². The van der Waals surface area contributed by atoms with Crippen molar-refractivity contribution in [1.29, 1.82) is 0 Å². The van der Waals surface area contributed by atoms with Crippen molar-refractivity contribution in [3.8, 4) is 0 Å². The van der Waals surface area contributed by atoms with E-state index in [2.05, 4.69) is 5.32 Å². The Kier molecular flexibility index (Phi) is 22.9. The van der Waals surface area contributed by atoms with E-state index in [4.69, 9.17) is 296 Å². The van der Waals surface area contributed by atoms with Crippen LogP contribution in [-0.4, -0.2) is 29.6 Å². The molecule has 0 saturated heterocycles. The van der Waals surface area contributed by atoms with Crippen LogP contribution in [0.3, 0.4) is 0 Å². The number of nitrogens with one attached hydrogen (secondary N) is 1. The number of hydrogen-bond acceptors (Lipinski definition) is 3. The SMILES string of the molecule is NCCNC(Cc1c(Cl)c(Cl)c(Cl)c(Cl)c1Cl)C(Cc1c(Cl)c(Cl)c(Cl)c(Cl)c1Cl)(Cc1c(Cl)c(Cl)c(Cl)c(Cl)c1Cl)N(Cc1c(Cl)c(Cl)c(Cl)c(Cl)c1Cl)Cc1c(Cl)c(Cl)c(Cl)c(Cl)c1Cl. The molecule has 0 aliphatic rings. The van der Waals surface area contributed by atoms with E-state index in [1.54, 1.807) is 4.90 Å². The molecular weight excluding hydrogens is 1400 g/mol. The lowest BCUT2D eigenvalue weighted by Gasteiger charge is -2.51. The van der Waals surface area contributed by atoms with Crippen molar-refractivity contribution in [1.82, 2.24) is 10.2 Å². The molecule has 0 aromatic heterocycles. The van der Waals surface area contributed by atoms with Gasteiger partial charge < -0.3 is 11.1 Å². The van der Waals surface area contributed by atoms with E-state index < -0.39 is 24.7 Å². The maximum absolute atomic E-state index is 7.14. The van der Waals surface area contributed by atoms with Crippen molar-refractivity contribution >= 4 is 290 Å². The first-order valence-corrected chi connectivity index (χ1v) is 27.3. The van der Waals surface area contributed by atoms with E-state index in [-0.39, 0.29) is 186 Å². The lowest BCUT2D eigenvalue weighted by Crippen LogP contribution is -2.65. The van der Waals surface area contributed by atoms with E-state index in [9.17, 15) is 0 Å². The Hall–Kier alpha value is 3.23. The highest BCUT2D eigenvalue weighted by Gasteiger charge is 2.48. The Morgan fingerprint density at radius 1 is 0.313 bits per heavy atom. The molecule has 1 atom stereocenters. The molecule has 0 radical (unpaired) electrons. The molecule has 0 spiro atoms. The lowest BCUT2D eigenvalue weighted by molar-refractivity contribution is 0.0327. The fourth-order valence-electron chi connectivity index (χ4n) is 7.05. The third-order valence-electron chi connectivity index (χ3n) is 10.4. The van der Waals surface area contributed by atoms with Crippen molar-refractivity contribution < 1.29 is 0 Å². The smallest absolute Gasteiger partial charge is 0.0809 e. The highest BCUT2D eigenvalue weighted by atomic mass is 35.5. The van der Waals surface area contributed by atoms with Crippen LogP contribution in [0.1, 0.15) is 27.8 Å². The van der Waals surface area contributed by atoms with Crippen LogP contribution >= 0.6 is 290 Å². The Bertz CT molecular complexity index is 2530. The van der Waals surface area contributed by atoms with Crippen LogP contribution in [-0.2, 0) is 32.4 Å². The van der Waals surface area contributed by atoms with Gasteiger partial charge in [0, 0.05) is 48.9 Å². The molecule has 3 nitrogen and oxygen atoms in total. The molecule has 3 N–H and O–H groups in total. The first-order valence-electron chi connectivity index (χ1n) is 17.8. The minimum Gasteiger partial charge on any atom is -0.329 e. The average molecular weight is 1410 g/mol. The molecule has 67 heavy (non-hydrogen) atoms. The first-order chi connectivity index (χ1) is 31.1. The summed E-state index contributed by atoms with van der Waals surface area (Å²) in [6.45, 7) is -0.704. The topological polar surface area (TPSA) is 41.3 Å². The molecule has 5 aromatic carbocycles. The number of hydrogen-bond donors (Lipinski definition) is 2. The van der Waals surface area contributed by atoms with Crippen molar-refractivity contribution in [2.45, 2.75) is 43.9 Å². The minimum absolute atomic E-state index is 0.0243. The van der Waals surface area contributed by atoms with Gasteiger partial charge in [-0.25, -0.2) is 0 Å². The number of halogens is 25. The molecule has 0 aliphatic heterocycles. The van der Waals surface area contributed by atoms with Crippen LogP contribution in [0.25, 0.3) is 0 Å². The predicted octanol–water partition coefficient (Wildman–Crippen LogP) is 23.4. The molecule has 5 rings (SSSR count). The summed E-state index contributed by atoms with van der Waals surface area (Å²) in [5.74, 6) is 0. The van der Waals surface area contributed by atoms with Gasteiger partial charge in [0.1, 0.15) is 0 Å². The molecule has 0 heterocycles. The number of benzene rings is 5. The van der Waals surface area contributed by atoms with Crippen LogP contribution in [0.2, 0.25) is 126 Å². The quantitative estimate of drug-likeness (QED) is 0.0811. The fourth-order valence-corrected chi connectivity index (χ4v) is 13.6. The molecular formula is C39H18Cl25N3. The van der Waals surface area contributed by atoms with Crippen LogP contribution in [0.4, 0.5) is 0 Å². The number of nitrogens with zero attached hydrogens (tertiary/aromatic N) is 1. The first kappa shape index (κ1) is 61.1. The van der Waals surface area contributed by atoms with Gasteiger partial charge in [-0.05, 0) is 36.0 Å². The van der Waals surface area contributed by atoms with Gasteiger partial charge in [-0.2, -0.15) is 0 Å². The maximum Gasteiger partial charge on any atom is 0.0809 e. The molecule has 1 unspecified atom stereocenters. The molecule has 5 aromatic rings. The van der Waals surface area contributed by atoms with Gasteiger partial charge in [0.25, 0.3) is 0 Å². The molecule has 0 amide bonds. The van der Waals surface area contributed by atoms with E-state index in [0.717, 1.165) is 0 Å². The van der Waals surface area contributed by atoms with E-state index in [0.29, 0.717) is 0 Å². The summed E-state index contributed by atoms with van der Waals surface area (Å²) in [6.07, 6.45) is -0.966. The van der Waals surface area contributed by atoms with Gasteiger partial charge in [-0.1, -0.05) is 290 Å². The highest BCUT2D eigenvalue weighted by Crippen LogP contribution is 2.54. The zero-order valence-electron chi connectivity index (χ0n) is 32.0. The van der Waals surface area contributed by atoms with Crippen molar-refractivity contribution in [3.05, 3.63) is 153 Å². The molecule has 0 aliphatic carbocycles. The largest absolute Gasteiger partial charge is 0.329 e. The van der Waals surface area contributed by atoms with E-state index >= 15 is 0 Å². The molecule has 0 fully saturated rings. The molecule has 0 bridgehead atoms. The van der Waals surface area contributed by atoms with E-state index in [1.807, 2.05) is 0 Å². The summed E-state index contributed by atoms with van der Waals surface area (Å²) in [5.41, 5.74) is 4.92. The maximum atomic E-state index is 7.14. The molecule has 28 heteroatoms.